The van der Waals surface area contributed by atoms with Gasteiger partial charge in [-0.05, 0) is 30.9 Å². The summed E-state index contributed by atoms with van der Waals surface area (Å²) in [5.74, 6) is -0.0241. The van der Waals surface area contributed by atoms with Crippen molar-refractivity contribution in [2.75, 3.05) is 37.3 Å². The number of carbonyl (C=O) groups is 1. The van der Waals surface area contributed by atoms with E-state index in [4.69, 9.17) is 11.6 Å². The molecule has 1 aliphatic rings. The van der Waals surface area contributed by atoms with Crippen LogP contribution >= 0.6 is 23.4 Å². The third kappa shape index (κ3) is 4.30. The molecule has 1 aromatic heterocycles. The van der Waals surface area contributed by atoms with Crippen LogP contribution in [0.3, 0.4) is 0 Å². The number of halogens is 1. The fourth-order valence-electron chi connectivity index (χ4n) is 3.68. The second-order valence-corrected chi connectivity index (χ2v) is 8.40. The van der Waals surface area contributed by atoms with Crippen LogP contribution in [0.15, 0.2) is 59.9 Å². The topological polar surface area (TPSA) is 49.3 Å². The molecule has 1 saturated heterocycles. The maximum atomic E-state index is 13.4. The first kappa shape index (κ1) is 20.7. The molecule has 1 aliphatic heterocycles. The van der Waals surface area contributed by atoms with Gasteiger partial charge in [-0.3, -0.25) is 4.79 Å². The number of amides is 1. The summed E-state index contributed by atoms with van der Waals surface area (Å²) in [4.78, 5) is 26.5. The Bertz CT molecular complexity index is 1050. The van der Waals surface area contributed by atoms with Crippen LogP contribution in [0.4, 0.5) is 5.69 Å². The van der Waals surface area contributed by atoms with Crippen LogP contribution in [-0.4, -0.2) is 53.2 Å². The first-order valence-electron chi connectivity index (χ1n) is 9.83. The minimum absolute atomic E-state index is 0.0241. The lowest BCUT2D eigenvalue weighted by Gasteiger charge is -2.37. The predicted octanol–water partition coefficient (Wildman–Crippen LogP) is 4.79. The minimum atomic E-state index is -0.0241. The summed E-state index contributed by atoms with van der Waals surface area (Å²) in [5.41, 5.74) is 4.48. The van der Waals surface area contributed by atoms with Crippen molar-refractivity contribution in [3.05, 3.63) is 70.9 Å². The number of benzene rings is 2. The number of carbonyl (C=O) groups excluding carboxylic acids is 1. The number of nitrogens with zero attached hydrogens (tertiary/aromatic N) is 4. The molecule has 1 amide bonds. The van der Waals surface area contributed by atoms with E-state index in [1.807, 2.05) is 59.7 Å². The maximum Gasteiger partial charge on any atom is 0.257 e. The Balaban J connectivity index is 1.55. The highest BCUT2D eigenvalue weighted by molar-refractivity contribution is 7.98. The Labute approximate surface area is 186 Å². The molecule has 5 nitrogen and oxygen atoms in total. The van der Waals surface area contributed by atoms with Gasteiger partial charge in [0.1, 0.15) is 0 Å². The normalized spacial score (nSPS) is 14.1. The summed E-state index contributed by atoms with van der Waals surface area (Å²) >= 11 is 7.66. The number of piperazine rings is 1. The van der Waals surface area contributed by atoms with E-state index in [0.29, 0.717) is 29.5 Å². The van der Waals surface area contributed by atoms with E-state index in [1.165, 1.54) is 17.3 Å². The first-order chi connectivity index (χ1) is 14.6. The largest absolute Gasteiger partial charge is 0.368 e. The maximum absolute atomic E-state index is 13.4. The van der Waals surface area contributed by atoms with Gasteiger partial charge in [-0.15, -0.1) is 0 Å². The van der Waals surface area contributed by atoms with Crippen LogP contribution in [0.2, 0.25) is 5.02 Å². The molecule has 0 radical (unpaired) electrons. The predicted molar refractivity (Wildman–Crippen MR) is 124 cm³/mol. The lowest BCUT2D eigenvalue weighted by Crippen LogP contribution is -2.49. The molecule has 0 N–H and O–H groups in total. The van der Waals surface area contributed by atoms with Gasteiger partial charge in [0.15, 0.2) is 5.16 Å². The molecule has 0 spiro atoms. The van der Waals surface area contributed by atoms with Crippen molar-refractivity contribution in [3.63, 3.8) is 0 Å². The summed E-state index contributed by atoms with van der Waals surface area (Å²) in [5, 5.41) is 1.39. The second-order valence-electron chi connectivity index (χ2n) is 7.20. The molecule has 7 heteroatoms. The highest BCUT2D eigenvalue weighted by atomic mass is 35.5. The van der Waals surface area contributed by atoms with Crippen LogP contribution in [-0.2, 0) is 0 Å². The van der Waals surface area contributed by atoms with Crippen molar-refractivity contribution < 1.29 is 4.79 Å². The third-order valence-corrected chi connectivity index (χ3v) is 6.10. The van der Waals surface area contributed by atoms with Crippen LogP contribution in [0.25, 0.3) is 11.3 Å². The van der Waals surface area contributed by atoms with E-state index in [9.17, 15) is 4.79 Å². The van der Waals surface area contributed by atoms with Crippen molar-refractivity contribution in [2.45, 2.75) is 12.1 Å². The van der Waals surface area contributed by atoms with Gasteiger partial charge >= 0.3 is 0 Å². The minimum Gasteiger partial charge on any atom is -0.368 e. The monoisotopic (exact) mass is 438 g/mol. The van der Waals surface area contributed by atoms with Crippen molar-refractivity contribution in [1.82, 2.24) is 14.9 Å². The lowest BCUT2D eigenvalue weighted by atomic mass is 10.1. The van der Waals surface area contributed by atoms with Crippen molar-refractivity contribution in [1.29, 1.82) is 0 Å². The summed E-state index contributed by atoms with van der Waals surface area (Å²) in [6.45, 7) is 4.89. The molecule has 0 atom stereocenters. The first-order valence-corrected chi connectivity index (χ1v) is 11.4. The molecule has 1 fully saturated rings. The fraction of sp³-hybridized carbons (Fsp3) is 0.261. The SMILES string of the molecule is CSc1ncc(C(=O)N2CCN(c3cc(Cl)ccc3C)CC2)c(-c2ccccc2)n1. The number of anilines is 1. The number of rotatable bonds is 4. The Kier molecular flexibility index (Phi) is 6.25. The zero-order chi connectivity index (χ0) is 21.1. The highest BCUT2D eigenvalue weighted by Crippen LogP contribution is 2.27. The molecule has 0 bridgehead atoms. The molecule has 3 aromatic rings. The zero-order valence-electron chi connectivity index (χ0n) is 17.0. The smallest absolute Gasteiger partial charge is 0.257 e. The number of hydrogen-bond acceptors (Lipinski definition) is 5. The quantitative estimate of drug-likeness (QED) is 0.433. The average Bonchev–Trinajstić information content (AvgIpc) is 2.80. The molecule has 2 aromatic carbocycles. The van der Waals surface area contributed by atoms with Crippen molar-refractivity contribution in [2.24, 2.45) is 0 Å². The molecule has 2 heterocycles. The number of thioether (sulfide) groups is 1. The van der Waals surface area contributed by atoms with E-state index >= 15 is 0 Å². The van der Waals surface area contributed by atoms with E-state index in [1.54, 1.807) is 6.20 Å². The van der Waals surface area contributed by atoms with Gasteiger partial charge < -0.3 is 9.80 Å². The van der Waals surface area contributed by atoms with Crippen LogP contribution < -0.4 is 4.90 Å². The van der Waals surface area contributed by atoms with Crippen LogP contribution in [0, 0.1) is 6.92 Å². The zero-order valence-corrected chi connectivity index (χ0v) is 18.6. The van der Waals surface area contributed by atoms with Crippen LogP contribution in [0.5, 0.6) is 0 Å². The second kappa shape index (κ2) is 9.06. The highest BCUT2D eigenvalue weighted by Gasteiger charge is 2.26. The molecule has 4 rings (SSSR count). The summed E-state index contributed by atoms with van der Waals surface area (Å²) in [6.07, 6.45) is 3.60. The molecule has 0 unspecified atom stereocenters. The van der Waals surface area contributed by atoms with Gasteiger partial charge in [-0.25, -0.2) is 9.97 Å². The van der Waals surface area contributed by atoms with Crippen molar-refractivity contribution in [3.8, 4) is 11.3 Å². The van der Waals surface area contributed by atoms with Crippen LogP contribution in [0.1, 0.15) is 15.9 Å². The molecular weight excluding hydrogens is 416 g/mol. The third-order valence-electron chi connectivity index (χ3n) is 5.31. The van der Waals surface area contributed by atoms with Gasteiger partial charge in [0.2, 0.25) is 0 Å². The standard InChI is InChI=1S/C23H23ClN4OS/c1-16-8-9-18(24)14-20(16)27-10-12-28(13-11-27)22(29)19-15-25-23(30-2)26-21(19)17-6-4-3-5-7-17/h3-9,14-15H,10-13H2,1-2H3. The number of aromatic nitrogens is 2. The molecule has 0 saturated carbocycles. The van der Waals surface area contributed by atoms with Gasteiger partial charge in [-0.1, -0.05) is 59.8 Å². The summed E-state index contributed by atoms with van der Waals surface area (Å²) in [7, 11) is 0. The molecular formula is C23H23ClN4OS. The molecule has 154 valence electrons. The average molecular weight is 439 g/mol. The van der Waals surface area contributed by atoms with E-state index in [2.05, 4.69) is 21.8 Å². The number of hydrogen-bond donors (Lipinski definition) is 0. The Hall–Kier alpha value is -2.57. The van der Waals surface area contributed by atoms with Gasteiger partial charge in [-0.2, -0.15) is 0 Å². The molecule has 30 heavy (non-hydrogen) atoms. The van der Waals surface area contributed by atoms with E-state index in [-0.39, 0.29) is 5.91 Å². The number of aryl methyl sites for hydroxylation is 1. The van der Waals surface area contributed by atoms with E-state index in [0.717, 1.165) is 29.4 Å². The summed E-state index contributed by atoms with van der Waals surface area (Å²) < 4.78 is 0. The Morgan fingerprint density at radius 2 is 1.80 bits per heavy atom. The lowest BCUT2D eigenvalue weighted by molar-refractivity contribution is 0.0746. The van der Waals surface area contributed by atoms with Gasteiger partial charge in [0.25, 0.3) is 5.91 Å². The Morgan fingerprint density at radius 1 is 1.07 bits per heavy atom. The van der Waals surface area contributed by atoms with Gasteiger partial charge in [0.05, 0.1) is 11.3 Å². The summed E-state index contributed by atoms with van der Waals surface area (Å²) in [6, 6.07) is 15.8. The Morgan fingerprint density at radius 3 is 2.50 bits per heavy atom. The fourth-order valence-corrected chi connectivity index (χ4v) is 4.19. The van der Waals surface area contributed by atoms with E-state index < -0.39 is 0 Å². The van der Waals surface area contributed by atoms with Gasteiger partial charge in [0, 0.05) is 48.6 Å². The van der Waals surface area contributed by atoms with Crippen molar-refractivity contribution >= 4 is 35.0 Å². The molecule has 0 aliphatic carbocycles.